The van der Waals surface area contributed by atoms with Crippen molar-refractivity contribution in [3.63, 3.8) is 0 Å². The van der Waals surface area contributed by atoms with E-state index in [0.717, 1.165) is 11.0 Å². The summed E-state index contributed by atoms with van der Waals surface area (Å²) in [7, 11) is 1.68. The predicted molar refractivity (Wildman–Crippen MR) is 84.6 cm³/mol. The van der Waals surface area contributed by atoms with E-state index in [1.54, 1.807) is 7.05 Å². The van der Waals surface area contributed by atoms with Gasteiger partial charge in [0, 0.05) is 12.4 Å². The Bertz CT molecular complexity index is 778. The molecule has 0 spiro atoms. The number of para-hydroxylation sites is 1. The molecule has 0 saturated carbocycles. The van der Waals surface area contributed by atoms with Crippen LogP contribution in [0.25, 0.3) is 11.0 Å². The molecule has 1 heterocycles. The summed E-state index contributed by atoms with van der Waals surface area (Å²) in [6.07, 6.45) is 0. The Hall–Kier alpha value is -2.82. The average Bonchev–Trinajstić information content (AvgIpc) is 2.96. The number of furan rings is 1. The molecule has 0 bridgehead atoms. The maximum Gasteiger partial charge on any atom is 0.260 e. The average molecular weight is 313 g/mol. The molecule has 0 fully saturated rings. The summed E-state index contributed by atoms with van der Waals surface area (Å²) in [6, 6.07) is 15.2. The van der Waals surface area contributed by atoms with Crippen molar-refractivity contribution >= 4 is 16.9 Å². The molecule has 23 heavy (non-hydrogen) atoms. The molecule has 0 atom stereocenters. The van der Waals surface area contributed by atoms with Gasteiger partial charge in [0.25, 0.3) is 5.91 Å². The normalized spacial score (nSPS) is 10.7. The largest absolute Gasteiger partial charge is 0.484 e. The van der Waals surface area contributed by atoms with Crippen LogP contribution in [-0.4, -0.2) is 24.5 Å². The van der Waals surface area contributed by atoms with E-state index in [4.69, 9.17) is 9.15 Å². The number of carbonyl (C=O) groups is 1. The first kappa shape index (κ1) is 15.1. The van der Waals surface area contributed by atoms with E-state index < -0.39 is 0 Å². The monoisotopic (exact) mass is 313 g/mol. The van der Waals surface area contributed by atoms with E-state index in [9.17, 15) is 9.18 Å². The molecular weight excluding hydrogens is 297 g/mol. The molecule has 5 heteroatoms. The molecule has 4 nitrogen and oxygen atoms in total. The number of ether oxygens (including phenoxy) is 1. The van der Waals surface area contributed by atoms with E-state index in [2.05, 4.69) is 0 Å². The molecule has 1 aromatic heterocycles. The second-order valence-corrected chi connectivity index (χ2v) is 5.24. The van der Waals surface area contributed by atoms with E-state index in [1.165, 1.54) is 29.2 Å². The summed E-state index contributed by atoms with van der Waals surface area (Å²) in [6.45, 7) is 0.253. The molecule has 0 aliphatic heterocycles. The first-order valence-electron chi connectivity index (χ1n) is 7.21. The van der Waals surface area contributed by atoms with Crippen molar-refractivity contribution in [2.24, 2.45) is 0 Å². The van der Waals surface area contributed by atoms with Crippen LogP contribution in [0.15, 0.2) is 59.0 Å². The first-order valence-corrected chi connectivity index (χ1v) is 7.21. The van der Waals surface area contributed by atoms with Crippen molar-refractivity contribution in [2.45, 2.75) is 6.54 Å². The van der Waals surface area contributed by atoms with Crippen molar-refractivity contribution in [3.8, 4) is 5.75 Å². The molecular formula is C18H16FNO3. The van der Waals surface area contributed by atoms with Gasteiger partial charge in [-0.3, -0.25) is 4.79 Å². The quantitative estimate of drug-likeness (QED) is 0.722. The zero-order valence-electron chi connectivity index (χ0n) is 12.7. The lowest BCUT2D eigenvalue weighted by atomic mass is 10.2. The number of amides is 1. The minimum Gasteiger partial charge on any atom is -0.484 e. The molecule has 0 saturated heterocycles. The number of carbonyl (C=O) groups excluding carboxylic acids is 1. The Morgan fingerprint density at radius 2 is 1.91 bits per heavy atom. The summed E-state index contributed by atoms with van der Waals surface area (Å²) >= 11 is 0. The van der Waals surface area contributed by atoms with Gasteiger partial charge in [0.15, 0.2) is 6.61 Å². The number of nitrogens with zero attached hydrogens (tertiary/aromatic N) is 1. The second kappa shape index (κ2) is 6.52. The minimum atomic E-state index is -0.342. The number of fused-ring (bicyclic) bond motifs is 1. The predicted octanol–water partition coefficient (Wildman–Crippen LogP) is 3.61. The first-order chi connectivity index (χ1) is 11.1. The van der Waals surface area contributed by atoms with Gasteiger partial charge in [0.2, 0.25) is 0 Å². The standard InChI is InChI=1S/C18H16FNO3/c1-20(11-16-10-13-4-2-3-5-17(13)23-16)18(21)12-22-15-8-6-14(19)7-9-15/h2-10H,11-12H2,1H3. The SMILES string of the molecule is CN(Cc1cc2ccccc2o1)C(=O)COc1ccc(F)cc1. The van der Waals surface area contributed by atoms with Gasteiger partial charge in [-0.1, -0.05) is 18.2 Å². The summed E-state index contributed by atoms with van der Waals surface area (Å²) in [5.74, 6) is 0.640. The molecule has 0 aliphatic carbocycles. The Balaban J connectivity index is 1.57. The van der Waals surface area contributed by atoms with Crippen LogP contribution in [0.3, 0.4) is 0 Å². The third-order valence-electron chi connectivity index (χ3n) is 3.47. The fraction of sp³-hybridized carbons (Fsp3) is 0.167. The number of rotatable bonds is 5. The van der Waals surface area contributed by atoms with Crippen LogP contribution in [0.4, 0.5) is 4.39 Å². The van der Waals surface area contributed by atoms with Gasteiger partial charge in [-0.15, -0.1) is 0 Å². The molecule has 118 valence electrons. The zero-order chi connectivity index (χ0) is 16.2. The van der Waals surface area contributed by atoms with Crippen molar-refractivity contribution in [3.05, 3.63) is 66.2 Å². The fourth-order valence-corrected chi connectivity index (χ4v) is 2.22. The maximum atomic E-state index is 12.8. The van der Waals surface area contributed by atoms with Crippen LogP contribution < -0.4 is 4.74 Å². The lowest BCUT2D eigenvalue weighted by molar-refractivity contribution is -0.132. The molecule has 0 unspecified atom stereocenters. The van der Waals surface area contributed by atoms with Crippen LogP contribution in [-0.2, 0) is 11.3 Å². The van der Waals surface area contributed by atoms with Crippen LogP contribution in [0.5, 0.6) is 5.75 Å². The second-order valence-electron chi connectivity index (χ2n) is 5.24. The highest BCUT2D eigenvalue weighted by molar-refractivity contribution is 5.79. The molecule has 3 rings (SSSR count). The lowest BCUT2D eigenvalue weighted by Gasteiger charge is -2.16. The van der Waals surface area contributed by atoms with Gasteiger partial charge in [-0.25, -0.2) is 4.39 Å². The van der Waals surface area contributed by atoms with Gasteiger partial charge in [-0.2, -0.15) is 0 Å². The third kappa shape index (κ3) is 3.69. The highest BCUT2D eigenvalue weighted by atomic mass is 19.1. The number of halogens is 1. The highest BCUT2D eigenvalue weighted by Crippen LogP contribution is 2.19. The van der Waals surface area contributed by atoms with E-state index in [-0.39, 0.29) is 18.3 Å². The van der Waals surface area contributed by atoms with Gasteiger partial charge in [0.05, 0.1) is 6.54 Å². The minimum absolute atomic E-state index is 0.109. The van der Waals surface area contributed by atoms with Crippen LogP contribution in [0.2, 0.25) is 0 Å². The van der Waals surface area contributed by atoms with Gasteiger partial charge >= 0.3 is 0 Å². The van der Waals surface area contributed by atoms with Crippen molar-refractivity contribution in [1.29, 1.82) is 0 Å². The Morgan fingerprint density at radius 1 is 1.17 bits per heavy atom. The summed E-state index contributed by atoms with van der Waals surface area (Å²) in [5.41, 5.74) is 0.797. The molecule has 3 aromatic rings. The van der Waals surface area contributed by atoms with Crippen molar-refractivity contribution in [1.82, 2.24) is 4.90 Å². The number of hydrogen-bond acceptors (Lipinski definition) is 3. The number of hydrogen-bond donors (Lipinski definition) is 0. The molecule has 0 N–H and O–H groups in total. The maximum absolute atomic E-state index is 12.8. The van der Waals surface area contributed by atoms with Gasteiger partial charge < -0.3 is 14.1 Å². The molecule has 0 radical (unpaired) electrons. The molecule has 2 aromatic carbocycles. The number of benzene rings is 2. The van der Waals surface area contributed by atoms with Crippen molar-refractivity contribution < 1.29 is 18.3 Å². The topological polar surface area (TPSA) is 42.7 Å². The van der Waals surface area contributed by atoms with E-state index in [0.29, 0.717) is 18.1 Å². The van der Waals surface area contributed by atoms with E-state index >= 15 is 0 Å². The smallest absolute Gasteiger partial charge is 0.260 e. The highest BCUT2D eigenvalue weighted by Gasteiger charge is 2.13. The lowest BCUT2D eigenvalue weighted by Crippen LogP contribution is -2.30. The summed E-state index contributed by atoms with van der Waals surface area (Å²) < 4.78 is 23.8. The summed E-state index contributed by atoms with van der Waals surface area (Å²) in [5, 5.41) is 1.01. The Morgan fingerprint density at radius 3 is 2.65 bits per heavy atom. The molecule has 0 aliphatic rings. The fourth-order valence-electron chi connectivity index (χ4n) is 2.22. The third-order valence-corrected chi connectivity index (χ3v) is 3.47. The summed E-state index contributed by atoms with van der Waals surface area (Å²) in [4.78, 5) is 13.6. The van der Waals surface area contributed by atoms with Crippen LogP contribution in [0.1, 0.15) is 5.76 Å². The number of likely N-dealkylation sites (N-methyl/N-ethyl adjacent to an activating group) is 1. The van der Waals surface area contributed by atoms with Crippen molar-refractivity contribution in [2.75, 3.05) is 13.7 Å². The molecule has 1 amide bonds. The Labute approximate surface area is 133 Å². The van der Waals surface area contributed by atoms with Crippen LogP contribution >= 0.6 is 0 Å². The zero-order valence-corrected chi connectivity index (χ0v) is 12.7. The van der Waals surface area contributed by atoms with Crippen LogP contribution in [0, 0.1) is 5.82 Å². The van der Waals surface area contributed by atoms with Gasteiger partial charge in [0.1, 0.15) is 22.9 Å². The van der Waals surface area contributed by atoms with Gasteiger partial charge in [-0.05, 0) is 36.4 Å². The van der Waals surface area contributed by atoms with E-state index in [1.807, 2.05) is 30.3 Å². The Kier molecular flexibility index (Phi) is 4.28.